The number of nitrogens with one attached hydrogen (secondary N) is 3. The van der Waals surface area contributed by atoms with Gasteiger partial charge in [-0.2, -0.15) is 5.10 Å². The van der Waals surface area contributed by atoms with Crippen LogP contribution >= 0.6 is 0 Å². The van der Waals surface area contributed by atoms with Crippen LogP contribution in [0.15, 0.2) is 41.8 Å². The zero-order chi connectivity index (χ0) is 22.3. The fraction of sp³-hybridized carbons (Fsp3) is 0.455. The number of para-hydroxylation sites is 2. The summed E-state index contributed by atoms with van der Waals surface area (Å²) in [5, 5.41) is 15.4. The van der Waals surface area contributed by atoms with E-state index in [0.717, 1.165) is 60.3 Å². The Morgan fingerprint density at radius 3 is 3.00 bits per heavy atom. The summed E-state index contributed by atoms with van der Waals surface area (Å²) in [4.78, 5) is 15.7. The van der Waals surface area contributed by atoms with Crippen LogP contribution in [-0.4, -0.2) is 71.6 Å². The molecule has 0 spiro atoms. The first kappa shape index (κ1) is 21.7. The Labute approximate surface area is 188 Å². The molecular weight excluding hydrogens is 406 g/mol. The highest BCUT2D eigenvalue weighted by molar-refractivity contribution is 5.86. The maximum absolute atomic E-state index is 5.52. The van der Waals surface area contributed by atoms with Gasteiger partial charge in [0.05, 0.1) is 30.9 Å². The van der Waals surface area contributed by atoms with Crippen LogP contribution in [0.25, 0.3) is 11.0 Å². The van der Waals surface area contributed by atoms with Crippen molar-refractivity contribution in [2.45, 2.75) is 19.4 Å². The Kier molecular flexibility index (Phi) is 6.88. The Bertz CT molecular complexity index is 1060. The summed E-state index contributed by atoms with van der Waals surface area (Å²) in [6.45, 7) is 6.05. The van der Waals surface area contributed by atoms with Crippen LogP contribution in [0.5, 0.6) is 5.75 Å². The van der Waals surface area contributed by atoms with Gasteiger partial charge in [-0.15, -0.1) is 0 Å². The van der Waals surface area contributed by atoms with Crippen LogP contribution in [0.2, 0.25) is 0 Å². The fourth-order valence-electron chi connectivity index (χ4n) is 3.95. The molecule has 1 aromatic carbocycles. The van der Waals surface area contributed by atoms with Gasteiger partial charge >= 0.3 is 0 Å². The molecule has 1 aliphatic rings. The van der Waals surface area contributed by atoms with Crippen molar-refractivity contribution >= 4 is 28.5 Å². The zero-order valence-corrected chi connectivity index (χ0v) is 18.9. The number of anilines is 2. The number of guanidine groups is 1. The average Bonchev–Trinajstić information content (AvgIpc) is 3.44. The molecule has 10 heteroatoms. The van der Waals surface area contributed by atoms with Crippen molar-refractivity contribution in [3.05, 3.63) is 36.8 Å². The molecule has 1 unspecified atom stereocenters. The number of hydrogen-bond donors (Lipinski definition) is 3. The summed E-state index contributed by atoms with van der Waals surface area (Å²) >= 11 is 0. The lowest BCUT2D eigenvalue weighted by Crippen LogP contribution is -2.44. The van der Waals surface area contributed by atoms with E-state index in [1.54, 1.807) is 24.3 Å². The van der Waals surface area contributed by atoms with Crippen molar-refractivity contribution in [1.29, 1.82) is 0 Å². The SMILES string of the molecule is CCNC(=NCCNc1ncnc2c1cnn2C)NC1CCN(c2ccccc2OC)C1. The molecule has 32 heavy (non-hydrogen) atoms. The van der Waals surface area contributed by atoms with Gasteiger partial charge in [0.15, 0.2) is 11.6 Å². The first-order valence-electron chi connectivity index (χ1n) is 11.0. The number of hydrogen-bond acceptors (Lipinski definition) is 7. The number of methoxy groups -OCH3 is 1. The van der Waals surface area contributed by atoms with E-state index in [1.807, 2.05) is 25.2 Å². The first-order chi connectivity index (χ1) is 15.7. The third-order valence-electron chi connectivity index (χ3n) is 5.50. The van der Waals surface area contributed by atoms with Crippen LogP contribution in [0, 0.1) is 0 Å². The molecular formula is C22H31N9O. The molecule has 4 rings (SSSR count). The number of aromatic nitrogens is 4. The largest absolute Gasteiger partial charge is 0.495 e. The molecule has 1 fully saturated rings. The van der Waals surface area contributed by atoms with Gasteiger partial charge in [0.1, 0.15) is 17.9 Å². The second-order valence-corrected chi connectivity index (χ2v) is 7.66. The molecule has 170 valence electrons. The highest BCUT2D eigenvalue weighted by atomic mass is 16.5. The van der Waals surface area contributed by atoms with Gasteiger partial charge < -0.3 is 25.6 Å². The average molecular weight is 438 g/mol. The van der Waals surface area contributed by atoms with Crippen molar-refractivity contribution in [2.24, 2.45) is 12.0 Å². The van der Waals surface area contributed by atoms with Gasteiger partial charge in [-0.3, -0.25) is 9.67 Å². The highest BCUT2D eigenvalue weighted by Crippen LogP contribution is 2.30. The third-order valence-corrected chi connectivity index (χ3v) is 5.50. The first-order valence-corrected chi connectivity index (χ1v) is 11.0. The van der Waals surface area contributed by atoms with Crippen LogP contribution < -0.4 is 25.6 Å². The van der Waals surface area contributed by atoms with Gasteiger partial charge in [-0.1, -0.05) is 12.1 Å². The van der Waals surface area contributed by atoms with Crippen molar-refractivity contribution < 1.29 is 4.74 Å². The molecule has 3 aromatic rings. The summed E-state index contributed by atoms with van der Waals surface area (Å²) in [6.07, 6.45) is 4.37. The molecule has 3 N–H and O–H groups in total. The van der Waals surface area contributed by atoms with E-state index in [4.69, 9.17) is 9.73 Å². The number of fused-ring (bicyclic) bond motifs is 1. The topological polar surface area (TPSA) is 105 Å². The summed E-state index contributed by atoms with van der Waals surface area (Å²) in [5.41, 5.74) is 1.94. The number of nitrogens with zero attached hydrogens (tertiary/aromatic N) is 6. The highest BCUT2D eigenvalue weighted by Gasteiger charge is 2.25. The summed E-state index contributed by atoms with van der Waals surface area (Å²) in [7, 11) is 3.59. The molecule has 1 aliphatic heterocycles. The Balaban J connectivity index is 1.32. The summed E-state index contributed by atoms with van der Waals surface area (Å²) in [6, 6.07) is 8.49. The van der Waals surface area contributed by atoms with Gasteiger partial charge in [0, 0.05) is 39.3 Å². The fourth-order valence-corrected chi connectivity index (χ4v) is 3.95. The van der Waals surface area contributed by atoms with Crippen molar-refractivity contribution in [3.8, 4) is 5.75 Å². The molecule has 10 nitrogen and oxygen atoms in total. The molecule has 0 bridgehead atoms. The minimum Gasteiger partial charge on any atom is -0.495 e. The zero-order valence-electron chi connectivity index (χ0n) is 18.9. The molecule has 1 saturated heterocycles. The maximum Gasteiger partial charge on any atom is 0.191 e. The smallest absolute Gasteiger partial charge is 0.191 e. The lowest BCUT2D eigenvalue weighted by Gasteiger charge is -2.22. The van der Waals surface area contributed by atoms with E-state index in [1.165, 1.54) is 0 Å². The van der Waals surface area contributed by atoms with Crippen LogP contribution in [0.3, 0.4) is 0 Å². The number of ether oxygens (including phenoxy) is 1. The lowest BCUT2D eigenvalue weighted by atomic mass is 10.2. The van der Waals surface area contributed by atoms with E-state index in [2.05, 4.69) is 48.9 Å². The molecule has 0 saturated carbocycles. The summed E-state index contributed by atoms with van der Waals surface area (Å²) in [5.74, 6) is 2.52. The van der Waals surface area contributed by atoms with Gasteiger partial charge in [-0.25, -0.2) is 9.97 Å². The van der Waals surface area contributed by atoms with Crippen LogP contribution in [0.1, 0.15) is 13.3 Å². The van der Waals surface area contributed by atoms with Crippen LogP contribution in [0.4, 0.5) is 11.5 Å². The minimum atomic E-state index is 0.322. The second-order valence-electron chi connectivity index (χ2n) is 7.66. The Morgan fingerprint density at radius 1 is 1.28 bits per heavy atom. The van der Waals surface area contributed by atoms with E-state index >= 15 is 0 Å². The Morgan fingerprint density at radius 2 is 2.16 bits per heavy atom. The van der Waals surface area contributed by atoms with E-state index < -0.39 is 0 Å². The van der Waals surface area contributed by atoms with Crippen molar-refractivity contribution in [3.63, 3.8) is 0 Å². The predicted molar refractivity (Wildman–Crippen MR) is 128 cm³/mol. The predicted octanol–water partition coefficient (Wildman–Crippen LogP) is 1.62. The quantitative estimate of drug-likeness (QED) is 0.277. The van der Waals surface area contributed by atoms with Crippen molar-refractivity contribution in [1.82, 2.24) is 30.4 Å². The normalized spacial score (nSPS) is 16.4. The molecule has 0 radical (unpaired) electrons. The van der Waals surface area contributed by atoms with Gasteiger partial charge in [0.25, 0.3) is 0 Å². The van der Waals surface area contributed by atoms with Crippen LogP contribution in [-0.2, 0) is 7.05 Å². The molecule has 2 aromatic heterocycles. The molecule has 0 amide bonds. The van der Waals surface area contributed by atoms with E-state index in [-0.39, 0.29) is 0 Å². The lowest BCUT2D eigenvalue weighted by molar-refractivity contribution is 0.415. The standard InChI is InChI=1S/C22H31N9O/c1-4-23-22(25-11-10-24-20-17-13-28-30(2)21(17)27-15-26-20)29-16-9-12-31(14-16)18-7-5-6-8-19(18)32-3/h5-8,13,15-16H,4,9-12,14H2,1-3H3,(H2,23,25,29)(H,24,26,27). The molecule has 1 atom stereocenters. The minimum absolute atomic E-state index is 0.322. The van der Waals surface area contributed by atoms with E-state index in [9.17, 15) is 0 Å². The third kappa shape index (κ3) is 4.84. The van der Waals surface area contributed by atoms with Gasteiger partial charge in [-0.05, 0) is 25.5 Å². The van der Waals surface area contributed by atoms with Gasteiger partial charge in [0.2, 0.25) is 0 Å². The number of aliphatic imine (C=N–C) groups is 1. The van der Waals surface area contributed by atoms with Crippen molar-refractivity contribution in [2.75, 3.05) is 50.1 Å². The maximum atomic E-state index is 5.52. The number of aryl methyl sites for hydroxylation is 1. The summed E-state index contributed by atoms with van der Waals surface area (Å²) < 4.78 is 7.26. The molecule has 3 heterocycles. The van der Waals surface area contributed by atoms with E-state index in [0.29, 0.717) is 19.1 Å². The second kappa shape index (κ2) is 10.2. The molecule has 0 aliphatic carbocycles. The number of benzene rings is 1. The Hall–Kier alpha value is -3.56. The monoisotopic (exact) mass is 437 g/mol. The number of rotatable bonds is 8.